The van der Waals surface area contributed by atoms with Crippen LogP contribution in [-0.2, 0) is 17.6 Å². The van der Waals surface area contributed by atoms with Crippen LogP contribution in [0.25, 0.3) is 0 Å². The molecule has 3 unspecified atom stereocenters. The van der Waals surface area contributed by atoms with Crippen LogP contribution in [0.3, 0.4) is 0 Å². The number of aliphatic hydroxyl groups is 4. The number of aromatic nitrogens is 1. The highest BCUT2D eigenvalue weighted by Gasteiger charge is 2.45. The van der Waals surface area contributed by atoms with Gasteiger partial charge in [0.05, 0.1) is 6.61 Å². The lowest BCUT2D eigenvalue weighted by atomic mass is 9.95. The van der Waals surface area contributed by atoms with Crippen LogP contribution in [0.5, 0.6) is 5.75 Å². The van der Waals surface area contributed by atoms with Gasteiger partial charge in [0.2, 0.25) is 6.29 Å². The molecule has 128 valence electrons. The largest absolute Gasteiger partial charge is 0.461 e. The van der Waals surface area contributed by atoms with Crippen molar-refractivity contribution >= 4 is 0 Å². The molecule has 0 saturated carbocycles. The van der Waals surface area contributed by atoms with Crippen molar-refractivity contribution in [2.45, 2.75) is 56.4 Å². The number of pyridine rings is 1. The molecule has 2 heterocycles. The maximum Gasteiger partial charge on any atom is 0.251 e. The molecule has 1 aliphatic carbocycles. The average molecular weight is 327 g/mol. The van der Waals surface area contributed by atoms with Crippen molar-refractivity contribution in [3.05, 3.63) is 27.7 Å². The molecule has 1 aromatic rings. The fourth-order valence-electron chi connectivity index (χ4n) is 3.10. The van der Waals surface area contributed by atoms with Gasteiger partial charge in [0.15, 0.2) is 0 Å². The van der Waals surface area contributed by atoms with Crippen molar-refractivity contribution in [3.63, 3.8) is 0 Å². The Balaban J connectivity index is 1.86. The van der Waals surface area contributed by atoms with Crippen LogP contribution in [0.15, 0.2) is 10.9 Å². The van der Waals surface area contributed by atoms with E-state index in [2.05, 4.69) is 4.98 Å². The van der Waals surface area contributed by atoms with Crippen molar-refractivity contribution in [2.75, 3.05) is 6.61 Å². The van der Waals surface area contributed by atoms with Crippen LogP contribution in [0.1, 0.15) is 24.1 Å². The summed E-state index contributed by atoms with van der Waals surface area (Å²) in [4.78, 5) is 14.5. The summed E-state index contributed by atoms with van der Waals surface area (Å²) in [7, 11) is 0. The van der Waals surface area contributed by atoms with Gasteiger partial charge in [0.25, 0.3) is 5.56 Å². The van der Waals surface area contributed by atoms with Gasteiger partial charge < -0.3 is 34.9 Å². The monoisotopic (exact) mass is 327 g/mol. The first kappa shape index (κ1) is 16.4. The van der Waals surface area contributed by atoms with Crippen molar-refractivity contribution in [1.82, 2.24) is 4.98 Å². The highest BCUT2D eigenvalue weighted by Crippen LogP contribution is 2.30. The van der Waals surface area contributed by atoms with Gasteiger partial charge in [-0.1, -0.05) is 0 Å². The van der Waals surface area contributed by atoms with E-state index in [0.29, 0.717) is 5.75 Å². The van der Waals surface area contributed by atoms with E-state index < -0.39 is 37.3 Å². The molecule has 1 aromatic heterocycles. The first-order valence-electron chi connectivity index (χ1n) is 7.73. The lowest BCUT2D eigenvalue weighted by Gasteiger charge is -2.39. The SMILES string of the molecule is O=c1cc(O[C@@H]2OC(CO)[C@@H](O)C(O)C2O)c2c([nH]1)CCCC2. The van der Waals surface area contributed by atoms with Crippen LogP contribution < -0.4 is 10.3 Å². The molecule has 1 saturated heterocycles. The molecule has 8 nitrogen and oxygen atoms in total. The molecular formula is C15H21NO7. The molecular weight excluding hydrogens is 306 g/mol. The summed E-state index contributed by atoms with van der Waals surface area (Å²) in [6.45, 7) is -0.529. The summed E-state index contributed by atoms with van der Waals surface area (Å²) in [6, 6.07) is 1.28. The second-order valence-electron chi connectivity index (χ2n) is 5.98. The van der Waals surface area contributed by atoms with Gasteiger partial charge in [-0.25, -0.2) is 0 Å². The van der Waals surface area contributed by atoms with E-state index in [1.807, 2.05) is 0 Å². The van der Waals surface area contributed by atoms with Crippen LogP contribution in [0.4, 0.5) is 0 Å². The second-order valence-corrected chi connectivity index (χ2v) is 5.98. The van der Waals surface area contributed by atoms with E-state index >= 15 is 0 Å². The highest BCUT2D eigenvalue weighted by molar-refractivity contribution is 5.37. The predicted molar refractivity (Wildman–Crippen MR) is 78.1 cm³/mol. The third-order valence-electron chi connectivity index (χ3n) is 4.39. The maximum absolute atomic E-state index is 11.8. The number of aliphatic hydroxyl groups excluding tert-OH is 4. The van der Waals surface area contributed by atoms with Crippen LogP contribution >= 0.6 is 0 Å². The zero-order chi connectivity index (χ0) is 16.6. The van der Waals surface area contributed by atoms with Gasteiger partial charge in [-0.15, -0.1) is 0 Å². The Hall–Kier alpha value is -1.45. The standard InChI is InChI=1S/C15H21NO7/c17-6-10-12(19)13(20)14(21)15(23-10)22-9-5-11(18)16-8-4-2-1-3-7(8)9/h5,10,12-15,17,19-21H,1-4,6H2,(H,16,18)/t10?,12-,13?,14?,15-/m1/s1. The molecule has 1 aliphatic heterocycles. The molecule has 0 aromatic carbocycles. The van der Waals surface area contributed by atoms with Gasteiger partial charge in [0.1, 0.15) is 30.2 Å². The Morgan fingerprint density at radius 3 is 2.65 bits per heavy atom. The van der Waals surface area contributed by atoms with E-state index in [1.165, 1.54) is 6.07 Å². The van der Waals surface area contributed by atoms with Crippen LogP contribution in [0, 0.1) is 0 Å². The van der Waals surface area contributed by atoms with E-state index in [-0.39, 0.29) is 5.56 Å². The molecule has 23 heavy (non-hydrogen) atoms. The smallest absolute Gasteiger partial charge is 0.251 e. The zero-order valence-electron chi connectivity index (χ0n) is 12.5. The quantitative estimate of drug-likeness (QED) is 0.453. The van der Waals surface area contributed by atoms with Crippen molar-refractivity contribution in [3.8, 4) is 5.75 Å². The van der Waals surface area contributed by atoms with Crippen molar-refractivity contribution in [2.24, 2.45) is 0 Å². The summed E-state index contributed by atoms with van der Waals surface area (Å²) < 4.78 is 10.9. The number of aryl methyl sites for hydroxylation is 1. The van der Waals surface area contributed by atoms with E-state index in [4.69, 9.17) is 9.47 Å². The van der Waals surface area contributed by atoms with Crippen LogP contribution in [0.2, 0.25) is 0 Å². The summed E-state index contributed by atoms with van der Waals surface area (Å²) in [5.74, 6) is 0.299. The lowest BCUT2D eigenvalue weighted by Crippen LogP contribution is -2.60. The molecule has 1 fully saturated rings. The molecule has 8 heteroatoms. The number of ether oxygens (including phenoxy) is 2. The fourth-order valence-corrected chi connectivity index (χ4v) is 3.10. The molecule has 5 atom stereocenters. The Bertz CT molecular complexity index is 614. The third kappa shape index (κ3) is 3.13. The Kier molecular flexibility index (Phi) is 4.69. The first-order valence-corrected chi connectivity index (χ1v) is 7.73. The molecule has 5 N–H and O–H groups in total. The number of aromatic amines is 1. The van der Waals surface area contributed by atoms with Gasteiger partial charge in [0, 0.05) is 17.3 Å². The summed E-state index contributed by atoms with van der Waals surface area (Å²) >= 11 is 0. The Morgan fingerprint density at radius 2 is 1.91 bits per heavy atom. The Labute approximate surface area is 132 Å². The minimum absolute atomic E-state index is 0.299. The number of hydrogen-bond acceptors (Lipinski definition) is 7. The van der Waals surface area contributed by atoms with Gasteiger partial charge in [-0.3, -0.25) is 4.79 Å². The summed E-state index contributed by atoms with van der Waals surface area (Å²) in [5, 5.41) is 38.8. The minimum Gasteiger partial charge on any atom is -0.461 e. The highest BCUT2D eigenvalue weighted by atomic mass is 16.7. The molecule has 0 radical (unpaired) electrons. The topological polar surface area (TPSA) is 132 Å². The van der Waals surface area contributed by atoms with Crippen molar-refractivity contribution in [1.29, 1.82) is 0 Å². The van der Waals surface area contributed by atoms with E-state index in [9.17, 15) is 25.2 Å². The maximum atomic E-state index is 11.8. The summed E-state index contributed by atoms with van der Waals surface area (Å²) in [5.41, 5.74) is 1.35. The lowest BCUT2D eigenvalue weighted by molar-refractivity contribution is -0.277. The number of nitrogens with one attached hydrogen (secondary N) is 1. The Morgan fingerprint density at radius 1 is 1.17 bits per heavy atom. The average Bonchev–Trinajstić information content (AvgIpc) is 2.55. The fraction of sp³-hybridized carbons (Fsp3) is 0.667. The number of H-pyrrole nitrogens is 1. The second kappa shape index (κ2) is 6.58. The molecule has 3 rings (SSSR count). The van der Waals surface area contributed by atoms with E-state index in [0.717, 1.165) is 36.9 Å². The molecule has 2 aliphatic rings. The first-order chi connectivity index (χ1) is 11.0. The number of fused-ring (bicyclic) bond motifs is 1. The van der Waals surface area contributed by atoms with Gasteiger partial charge in [-0.2, -0.15) is 0 Å². The van der Waals surface area contributed by atoms with Crippen molar-refractivity contribution < 1.29 is 29.9 Å². The molecule has 0 spiro atoms. The summed E-state index contributed by atoms with van der Waals surface area (Å²) in [6.07, 6.45) is -3.35. The number of hydrogen-bond donors (Lipinski definition) is 5. The van der Waals surface area contributed by atoms with Gasteiger partial charge >= 0.3 is 0 Å². The zero-order valence-corrected chi connectivity index (χ0v) is 12.5. The predicted octanol–water partition coefficient (Wildman–Crippen LogP) is -1.57. The third-order valence-corrected chi connectivity index (χ3v) is 4.39. The molecule has 0 amide bonds. The minimum atomic E-state index is -1.51. The van der Waals surface area contributed by atoms with Gasteiger partial charge in [-0.05, 0) is 25.7 Å². The molecule has 0 bridgehead atoms. The normalized spacial score (nSPS) is 34.0. The number of rotatable bonds is 3. The van der Waals surface area contributed by atoms with E-state index in [1.54, 1.807) is 0 Å². The van der Waals surface area contributed by atoms with Crippen LogP contribution in [-0.4, -0.2) is 62.7 Å².